The average molecular weight is 574 g/mol. The molecule has 4 aromatic rings. The molecular formula is C31H32FN5O3S. The number of carbonyl (C=O) groups is 2. The van der Waals surface area contributed by atoms with Gasteiger partial charge in [0.25, 0.3) is 5.91 Å². The molecule has 0 bridgehead atoms. The molecule has 212 valence electrons. The summed E-state index contributed by atoms with van der Waals surface area (Å²) in [6.45, 7) is 1.58. The Morgan fingerprint density at radius 2 is 1.68 bits per heavy atom. The van der Waals surface area contributed by atoms with Crippen molar-refractivity contribution in [3.05, 3.63) is 102 Å². The maximum Gasteiger partial charge on any atom is 0.251 e. The van der Waals surface area contributed by atoms with Crippen molar-refractivity contribution >= 4 is 23.6 Å². The Kier molecular flexibility index (Phi) is 9.30. The van der Waals surface area contributed by atoms with Crippen LogP contribution in [0.15, 0.2) is 84.0 Å². The molecule has 1 saturated heterocycles. The molecule has 0 unspecified atom stereocenters. The normalized spacial score (nSPS) is 13.7. The van der Waals surface area contributed by atoms with Crippen molar-refractivity contribution in [2.45, 2.75) is 31.0 Å². The Morgan fingerprint density at radius 1 is 0.976 bits per heavy atom. The lowest BCUT2D eigenvalue weighted by Gasteiger charge is -2.32. The van der Waals surface area contributed by atoms with Crippen LogP contribution in [0.2, 0.25) is 0 Å². The van der Waals surface area contributed by atoms with Gasteiger partial charge in [0.05, 0.1) is 19.4 Å². The molecule has 1 aromatic heterocycles. The van der Waals surface area contributed by atoms with E-state index in [0.717, 1.165) is 32.4 Å². The highest BCUT2D eigenvalue weighted by molar-refractivity contribution is 7.99. The van der Waals surface area contributed by atoms with Crippen molar-refractivity contribution in [1.29, 1.82) is 0 Å². The van der Waals surface area contributed by atoms with E-state index in [1.54, 1.807) is 48.1 Å². The van der Waals surface area contributed by atoms with E-state index in [9.17, 15) is 14.0 Å². The van der Waals surface area contributed by atoms with Gasteiger partial charge in [-0.2, -0.15) is 0 Å². The number of methoxy groups -OCH3 is 1. The second kappa shape index (κ2) is 13.5. The van der Waals surface area contributed by atoms with Crippen LogP contribution in [0.1, 0.15) is 34.6 Å². The average Bonchev–Trinajstić information content (AvgIpc) is 3.42. The van der Waals surface area contributed by atoms with Gasteiger partial charge in [-0.3, -0.25) is 14.2 Å². The number of thioether (sulfide) groups is 1. The zero-order chi connectivity index (χ0) is 28.6. The summed E-state index contributed by atoms with van der Waals surface area (Å²) in [5.74, 6) is 1.32. The van der Waals surface area contributed by atoms with E-state index in [0.29, 0.717) is 33.9 Å². The first-order valence-electron chi connectivity index (χ1n) is 13.6. The van der Waals surface area contributed by atoms with Gasteiger partial charge >= 0.3 is 0 Å². The maximum atomic E-state index is 13.7. The molecule has 8 nitrogen and oxygen atoms in total. The van der Waals surface area contributed by atoms with Crippen molar-refractivity contribution in [2.24, 2.45) is 5.92 Å². The minimum Gasteiger partial charge on any atom is -0.497 e. The van der Waals surface area contributed by atoms with Gasteiger partial charge in [-0.25, -0.2) is 4.39 Å². The van der Waals surface area contributed by atoms with Gasteiger partial charge in [0.2, 0.25) is 5.91 Å². The van der Waals surface area contributed by atoms with Crippen LogP contribution in [0.4, 0.5) is 4.39 Å². The number of carbonyl (C=O) groups excluding carboxylic acids is 2. The van der Waals surface area contributed by atoms with Gasteiger partial charge in [0.15, 0.2) is 11.0 Å². The van der Waals surface area contributed by atoms with Crippen LogP contribution in [0, 0.1) is 11.7 Å². The standard InChI is InChI=1S/C31H32FN5O3S/c1-40-27-13-7-24(8-14-27)30(39)33-20-28-34-35-31(37(28)26-11-9-25(32)10-12-26)41-21-29(38)36-17-15-23(16-18-36)19-22-5-3-2-4-6-22/h2-14,23H,15-21H2,1H3,(H,33,39). The molecule has 1 fully saturated rings. The van der Waals surface area contributed by atoms with E-state index < -0.39 is 0 Å². The number of halogens is 1. The van der Waals surface area contributed by atoms with Crippen LogP contribution in [-0.4, -0.2) is 57.4 Å². The summed E-state index contributed by atoms with van der Waals surface area (Å²) in [4.78, 5) is 27.7. The number of aromatic nitrogens is 3. The number of ether oxygens (including phenoxy) is 1. The third-order valence-corrected chi connectivity index (χ3v) is 8.12. The van der Waals surface area contributed by atoms with Gasteiger partial charge in [-0.15, -0.1) is 10.2 Å². The van der Waals surface area contributed by atoms with Crippen molar-refractivity contribution in [3.8, 4) is 11.4 Å². The first kappa shape index (κ1) is 28.4. The fourth-order valence-electron chi connectivity index (χ4n) is 4.91. The number of nitrogens with zero attached hydrogens (tertiary/aromatic N) is 4. The van der Waals surface area contributed by atoms with Crippen molar-refractivity contribution in [3.63, 3.8) is 0 Å². The zero-order valence-electron chi connectivity index (χ0n) is 22.8. The predicted octanol–water partition coefficient (Wildman–Crippen LogP) is 4.92. The quantitative estimate of drug-likeness (QED) is 0.271. The molecule has 1 N–H and O–H groups in total. The summed E-state index contributed by atoms with van der Waals surface area (Å²) in [6.07, 6.45) is 3.00. The molecule has 0 spiro atoms. The molecule has 2 amide bonds. The molecule has 0 saturated carbocycles. The number of likely N-dealkylation sites (tertiary alicyclic amines) is 1. The molecule has 3 aromatic carbocycles. The molecule has 0 atom stereocenters. The highest BCUT2D eigenvalue weighted by atomic mass is 32.2. The number of amides is 2. The Bertz CT molecular complexity index is 1450. The Labute approximate surface area is 242 Å². The third kappa shape index (κ3) is 7.32. The van der Waals surface area contributed by atoms with E-state index >= 15 is 0 Å². The lowest BCUT2D eigenvalue weighted by Crippen LogP contribution is -2.39. The Balaban J connectivity index is 1.21. The number of benzene rings is 3. The van der Waals surface area contributed by atoms with E-state index in [1.165, 1.54) is 29.5 Å². The van der Waals surface area contributed by atoms with E-state index in [-0.39, 0.29) is 29.9 Å². The zero-order valence-corrected chi connectivity index (χ0v) is 23.6. The summed E-state index contributed by atoms with van der Waals surface area (Å²) in [5, 5.41) is 12.0. The number of nitrogens with one attached hydrogen (secondary N) is 1. The number of hydrogen-bond donors (Lipinski definition) is 1. The van der Waals surface area contributed by atoms with E-state index in [2.05, 4.69) is 39.8 Å². The first-order chi connectivity index (χ1) is 20.0. The fourth-order valence-corrected chi connectivity index (χ4v) is 5.79. The first-order valence-corrected chi connectivity index (χ1v) is 14.6. The van der Waals surface area contributed by atoms with Gasteiger partial charge in [-0.05, 0) is 79.3 Å². The van der Waals surface area contributed by atoms with E-state index in [4.69, 9.17) is 4.74 Å². The Morgan fingerprint density at radius 3 is 2.37 bits per heavy atom. The predicted molar refractivity (Wildman–Crippen MR) is 156 cm³/mol. The summed E-state index contributed by atoms with van der Waals surface area (Å²) in [6, 6.07) is 23.2. The molecule has 1 aliphatic rings. The SMILES string of the molecule is COc1ccc(C(=O)NCc2nnc(SCC(=O)N3CCC(Cc4ccccc4)CC3)n2-c2ccc(F)cc2)cc1. The lowest BCUT2D eigenvalue weighted by molar-refractivity contribution is -0.129. The molecular weight excluding hydrogens is 541 g/mol. The minimum atomic E-state index is -0.365. The number of piperidine rings is 1. The molecule has 5 rings (SSSR count). The van der Waals surface area contributed by atoms with Gasteiger partial charge < -0.3 is 15.0 Å². The third-order valence-electron chi connectivity index (χ3n) is 7.20. The van der Waals surface area contributed by atoms with Crippen LogP contribution in [0.5, 0.6) is 5.75 Å². The molecule has 1 aliphatic heterocycles. The van der Waals surface area contributed by atoms with Crippen molar-refractivity contribution < 1.29 is 18.7 Å². The highest BCUT2D eigenvalue weighted by Gasteiger charge is 2.24. The summed E-state index contributed by atoms with van der Waals surface area (Å²) < 4.78 is 20.6. The van der Waals surface area contributed by atoms with Crippen LogP contribution < -0.4 is 10.1 Å². The van der Waals surface area contributed by atoms with Crippen molar-refractivity contribution in [1.82, 2.24) is 25.0 Å². The highest BCUT2D eigenvalue weighted by Crippen LogP contribution is 2.25. The van der Waals surface area contributed by atoms with Crippen LogP contribution >= 0.6 is 11.8 Å². The monoisotopic (exact) mass is 573 g/mol. The maximum absolute atomic E-state index is 13.7. The molecule has 0 radical (unpaired) electrons. The fraction of sp³-hybridized carbons (Fsp3) is 0.290. The molecule has 0 aliphatic carbocycles. The lowest BCUT2D eigenvalue weighted by atomic mass is 9.90. The smallest absolute Gasteiger partial charge is 0.251 e. The summed E-state index contributed by atoms with van der Waals surface area (Å²) in [5.41, 5.74) is 2.46. The minimum absolute atomic E-state index is 0.0520. The van der Waals surface area contributed by atoms with Crippen LogP contribution in [0.25, 0.3) is 5.69 Å². The number of hydrogen-bond acceptors (Lipinski definition) is 6. The Hall–Kier alpha value is -4.18. The largest absolute Gasteiger partial charge is 0.497 e. The van der Waals surface area contributed by atoms with Gasteiger partial charge in [0, 0.05) is 24.3 Å². The van der Waals surface area contributed by atoms with Crippen LogP contribution in [-0.2, 0) is 17.8 Å². The van der Waals surface area contributed by atoms with Gasteiger partial charge in [0.1, 0.15) is 11.6 Å². The topological polar surface area (TPSA) is 89.3 Å². The van der Waals surface area contributed by atoms with Crippen molar-refractivity contribution in [2.75, 3.05) is 26.0 Å². The molecule has 10 heteroatoms. The number of rotatable bonds is 10. The summed E-state index contributed by atoms with van der Waals surface area (Å²) in [7, 11) is 1.57. The van der Waals surface area contributed by atoms with Crippen LogP contribution in [0.3, 0.4) is 0 Å². The summed E-state index contributed by atoms with van der Waals surface area (Å²) >= 11 is 1.28. The molecule has 41 heavy (non-hydrogen) atoms. The van der Waals surface area contributed by atoms with E-state index in [1.807, 2.05) is 11.0 Å². The molecule has 2 heterocycles. The second-order valence-electron chi connectivity index (χ2n) is 9.92. The van der Waals surface area contributed by atoms with Gasteiger partial charge in [-0.1, -0.05) is 42.1 Å². The second-order valence-corrected chi connectivity index (χ2v) is 10.9.